The lowest BCUT2D eigenvalue weighted by Crippen LogP contribution is -2.30. The minimum Gasteiger partial charge on any atom is -0.485 e. The number of rotatable bonds is 2. The van der Waals surface area contributed by atoms with Crippen molar-refractivity contribution < 1.29 is 9.26 Å². The number of ether oxygens (including phenoxy) is 1. The van der Waals surface area contributed by atoms with Gasteiger partial charge in [-0.15, -0.1) is 0 Å². The number of aryl methyl sites for hydroxylation is 1. The van der Waals surface area contributed by atoms with E-state index in [1.165, 1.54) is 11.1 Å². The fourth-order valence-electron chi connectivity index (χ4n) is 3.11. The lowest BCUT2D eigenvalue weighted by Gasteiger charge is -2.23. The van der Waals surface area contributed by atoms with Crippen LogP contribution in [-0.4, -0.2) is 11.3 Å². The van der Waals surface area contributed by atoms with Crippen LogP contribution in [0.2, 0.25) is 0 Å². The average molecular weight is 311 g/mol. The molecular weight excluding hydrogens is 286 g/mol. The Morgan fingerprint density at radius 3 is 2.57 bits per heavy atom. The molecule has 2 aromatic rings. The van der Waals surface area contributed by atoms with Crippen LogP contribution in [0.15, 0.2) is 34.9 Å². The van der Waals surface area contributed by atoms with E-state index in [0.717, 1.165) is 17.2 Å². The van der Waals surface area contributed by atoms with Gasteiger partial charge in [-0.1, -0.05) is 58.0 Å². The van der Waals surface area contributed by atoms with E-state index < -0.39 is 0 Å². The van der Waals surface area contributed by atoms with E-state index in [-0.39, 0.29) is 16.9 Å². The quantitative estimate of drug-likeness (QED) is 0.780. The van der Waals surface area contributed by atoms with Gasteiger partial charge in [0.05, 0.1) is 5.69 Å². The Bertz CT molecular complexity index is 747. The number of fused-ring (bicyclic) bond motifs is 1. The second-order valence-corrected chi connectivity index (χ2v) is 7.92. The van der Waals surface area contributed by atoms with E-state index in [1.807, 2.05) is 19.1 Å². The molecule has 2 heterocycles. The Morgan fingerprint density at radius 2 is 1.96 bits per heavy atom. The maximum atomic E-state index is 6.36. The molecule has 1 aliphatic heterocycles. The number of aromatic nitrogens is 1. The van der Waals surface area contributed by atoms with Crippen LogP contribution in [0.4, 0.5) is 0 Å². The number of nitrogens with zero attached hydrogens (tertiary/aromatic N) is 1. The lowest BCUT2D eigenvalue weighted by atomic mass is 9.78. The zero-order valence-corrected chi connectivity index (χ0v) is 14.8. The Morgan fingerprint density at radius 1 is 1.22 bits per heavy atom. The third-order valence-corrected chi connectivity index (χ3v) is 4.55. The predicted octanol–water partition coefficient (Wildman–Crippen LogP) is 5.03. The van der Waals surface area contributed by atoms with Gasteiger partial charge in [0, 0.05) is 17.0 Å². The van der Waals surface area contributed by atoms with Crippen molar-refractivity contribution in [2.75, 3.05) is 0 Å². The summed E-state index contributed by atoms with van der Waals surface area (Å²) in [5.74, 6) is 1.79. The van der Waals surface area contributed by atoms with Gasteiger partial charge in [-0.25, -0.2) is 0 Å². The van der Waals surface area contributed by atoms with E-state index in [9.17, 15) is 0 Å². The van der Waals surface area contributed by atoms with Gasteiger partial charge in [0.1, 0.15) is 11.9 Å². The molecule has 1 aromatic heterocycles. The summed E-state index contributed by atoms with van der Waals surface area (Å²) in [6.45, 7) is 13.0. The smallest absolute Gasteiger partial charge is 0.159 e. The molecule has 0 saturated heterocycles. The Balaban J connectivity index is 1.96. The zero-order chi connectivity index (χ0) is 16.8. The Hall–Kier alpha value is -2.03. The van der Waals surface area contributed by atoms with Crippen LogP contribution in [0.25, 0.3) is 6.08 Å². The summed E-state index contributed by atoms with van der Waals surface area (Å²) in [7, 11) is 0. The Kier molecular flexibility index (Phi) is 3.62. The minimum atomic E-state index is -0.0812. The van der Waals surface area contributed by atoms with Crippen LogP contribution in [-0.2, 0) is 10.8 Å². The maximum Gasteiger partial charge on any atom is 0.159 e. The predicted molar refractivity (Wildman–Crippen MR) is 92.9 cm³/mol. The molecule has 1 atom stereocenters. The van der Waals surface area contributed by atoms with Crippen molar-refractivity contribution in [3.05, 3.63) is 52.9 Å². The first-order chi connectivity index (χ1) is 10.7. The maximum absolute atomic E-state index is 6.36. The van der Waals surface area contributed by atoms with Crippen LogP contribution < -0.4 is 4.74 Å². The molecule has 0 fully saturated rings. The van der Waals surface area contributed by atoms with Crippen LogP contribution in [0.3, 0.4) is 0 Å². The Labute approximate surface area is 138 Å². The molecular formula is C20H25NO2. The summed E-state index contributed by atoms with van der Waals surface area (Å²) in [6, 6.07) is 8.40. The summed E-state index contributed by atoms with van der Waals surface area (Å²) in [5, 5.41) is 3.92. The molecule has 0 bridgehead atoms. The summed E-state index contributed by atoms with van der Waals surface area (Å²) >= 11 is 0. The average Bonchev–Trinajstić information content (AvgIpc) is 2.97. The number of hydrogen-bond acceptors (Lipinski definition) is 3. The van der Waals surface area contributed by atoms with Gasteiger partial charge in [0.25, 0.3) is 0 Å². The molecule has 3 nitrogen and oxygen atoms in total. The van der Waals surface area contributed by atoms with E-state index in [2.05, 4.69) is 64.1 Å². The molecule has 122 valence electrons. The molecule has 3 heteroatoms. The summed E-state index contributed by atoms with van der Waals surface area (Å²) in [5.41, 5.74) is 3.39. The van der Waals surface area contributed by atoms with Crippen molar-refractivity contribution in [2.24, 2.45) is 0 Å². The van der Waals surface area contributed by atoms with Crippen molar-refractivity contribution in [1.82, 2.24) is 5.16 Å². The van der Waals surface area contributed by atoms with E-state index >= 15 is 0 Å². The third-order valence-electron chi connectivity index (χ3n) is 4.55. The first-order valence-corrected chi connectivity index (χ1v) is 8.12. The van der Waals surface area contributed by atoms with Crippen LogP contribution in [0, 0.1) is 6.92 Å². The van der Waals surface area contributed by atoms with E-state index in [4.69, 9.17) is 9.26 Å². The van der Waals surface area contributed by atoms with Crippen molar-refractivity contribution in [2.45, 2.75) is 58.5 Å². The van der Waals surface area contributed by atoms with E-state index in [1.54, 1.807) is 0 Å². The summed E-state index contributed by atoms with van der Waals surface area (Å²) in [4.78, 5) is 0. The first-order valence-electron chi connectivity index (χ1n) is 8.12. The standard InChI is InChI=1S/C20H25NO2/c1-13-12-14(23-21-13)10-11-17-20(5,6)16-9-7-8-15(18(16)22-17)19(2,3)4/h7-12,17H,1-6H3. The van der Waals surface area contributed by atoms with E-state index in [0.29, 0.717) is 0 Å². The molecule has 0 aliphatic carbocycles. The number of benzene rings is 1. The monoisotopic (exact) mass is 311 g/mol. The van der Waals surface area contributed by atoms with Crippen molar-refractivity contribution >= 4 is 6.08 Å². The highest BCUT2D eigenvalue weighted by Crippen LogP contribution is 2.47. The summed E-state index contributed by atoms with van der Waals surface area (Å²) < 4.78 is 11.6. The van der Waals surface area contributed by atoms with Crippen LogP contribution in [0.5, 0.6) is 5.75 Å². The molecule has 0 saturated carbocycles. The second-order valence-electron chi connectivity index (χ2n) is 7.92. The topological polar surface area (TPSA) is 35.3 Å². The fourth-order valence-corrected chi connectivity index (χ4v) is 3.11. The van der Waals surface area contributed by atoms with Gasteiger partial charge >= 0.3 is 0 Å². The fraction of sp³-hybridized carbons (Fsp3) is 0.450. The molecule has 0 amide bonds. The summed E-state index contributed by atoms with van der Waals surface area (Å²) in [6.07, 6.45) is 4.01. The lowest BCUT2D eigenvalue weighted by molar-refractivity contribution is 0.212. The molecule has 1 unspecified atom stereocenters. The molecule has 0 spiro atoms. The SMILES string of the molecule is Cc1cc(C=CC2Oc3c(C(C)(C)C)cccc3C2(C)C)on1. The largest absolute Gasteiger partial charge is 0.485 e. The van der Waals surface area contributed by atoms with Crippen molar-refractivity contribution in [3.63, 3.8) is 0 Å². The first kappa shape index (κ1) is 15.9. The molecule has 3 rings (SSSR count). The van der Waals surface area contributed by atoms with Gasteiger partial charge in [-0.2, -0.15) is 0 Å². The van der Waals surface area contributed by atoms with Crippen LogP contribution in [0.1, 0.15) is 57.2 Å². The zero-order valence-electron chi connectivity index (χ0n) is 14.8. The van der Waals surface area contributed by atoms with Gasteiger partial charge in [-0.3, -0.25) is 0 Å². The third kappa shape index (κ3) is 2.80. The highest BCUT2D eigenvalue weighted by Gasteiger charge is 2.42. The molecule has 0 N–H and O–H groups in total. The molecule has 23 heavy (non-hydrogen) atoms. The molecule has 1 aromatic carbocycles. The van der Waals surface area contributed by atoms with Gasteiger partial charge in [0.15, 0.2) is 5.76 Å². The van der Waals surface area contributed by atoms with Gasteiger partial charge in [0.2, 0.25) is 0 Å². The molecule has 0 radical (unpaired) electrons. The normalized spacial score (nSPS) is 19.8. The number of para-hydroxylation sites is 1. The van der Waals surface area contributed by atoms with Crippen molar-refractivity contribution in [3.8, 4) is 5.75 Å². The highest BCUT2D eigenvalue weighted by atomic mass is 16.5. The minimum absolute atomic E-state index is 0.0218. The molecule has 1 aliphatic rings. The van der Waals surface area contributed by atoms with Crippen molar-refractivity contribution in [1.29, 1.82) is 0 Å². The second kappa shape index (κ2) is 5.26. The van der Waals surface area contributed by atoms with Crippen LogP contribution >= 0.6 is 0 Å². The number of hydrogen-bond donors (Lipinski definition) is 0. The van der Waals surface area contributed by atoms with Gasteiger partial charge < -0.3 is 9.26 Å². The van der Waals surface area contributed by atoms with Gasteiger partial charge in [-0.05, 0) is 30.1 Å². The highest BCUT2D eigenvalue weighted by molar-refractivity contribution is 5.55.